The van der Waals surface area contributed by atoms with Gasteiger partial charge in [0, 0.05) is 6.42 Å². The quantitative estimate of drug-likeness (QED) is 0.442. The van der Waals surface area contributed by atoms with E-state index in [4.69, 9.17) is 4.74 Å². The number of carbonyl (C=O) groups is 1. The van der Waals surface area contributed by atoms with Gasteiger partial charge in [-0.25, -0.2) is 0 Å². The van der Waals surface area contributed by atoms with Crippen molar-refractivity contribution < 1.29 is 9.53 Å². The van der Waals surface area contributed by atoms with Gasteiger partial charge in [0.05, 0.1) is 6.61 Å². The molecule has 0 saturated heterocycles. The van der Waals surface area contributed by atoms with Crippen molar-refractivity contribution in [1.82, 2.24) is 0 Å². The lowest BCUT2D eigenvalue weighted by Gasteiger charge is -2.13. The van der Waals surface area contributed by atoms with Crippen molar-refractivity contribution in [3.63, 3.8) is 0 Å². The van der Waals surface area contributed by atoms with Gasteiger partial charge in [-0.3, -0.25) is 4.79 Å². The summed E-state index contributed by atoms with van der Waals surface area (Å²) >= 11 is 0. The molecular formula is C12H22O2. The maximum Gasteiger partial charge on any atom is 0.306 e. The first-order valence-corrected chi connectivity index (χ1v) is 5.51. The number of unbranched alkanes of at least 4 members (excludes halogenated alkanes) is 1. The van der Waals surface area contributed by atoms with E-state index in [0.717, 1.165) is 12.8 Å². The molecule has 0 saturated carbocycles. The van der Waals surface area contributed by atoms with Crippen molar-refractivity contribution in [2.24, 2.45) is 5.92 Å². The summed E-state index contributed by atoms with van der Waals surface area (Å²) in [4.78, 5) is 11.2. The fraction of sp³-hybridized carbons (Fsp3) is 0.750. The molecule has 1 atom stereocenters. The fourth-order valence-electron chi connectivity index (χ4n) is 1.49. The zero-order chi connectivity index (χ0) is 10.8. The number of esters is 1. The van der Waals surface area contributed by atoms with Crippen LogP contribution in [0.1, 0.15) is 46.0 Å². The van der Waals surface area contributed by atoms with Crippen molar-refractivity contribution >= 4 is 5.97 Å². The third-order valence-electron chi connectivity index (χ3n) is 2.23. The summed E-state index contributed by atoms with van der Waals surface area (Å²) in [5.41, 5.74) is 0. The summed E-state index contributed by atoms with van der Waals surface area (Å²) in [6.45, 7) is 8.19. The average Bonchev–Trinajstić information content (AvgIpc) is 2.15. The van der Waals surface area contributed by atoms with E-state index < -0.39 is 0 Å². The Bertz CT molecular complexity index is 164. The first-order chi connectivity index (χ1) is 6.74. The highest BCUT2D eigenvalue weighted by atomic mass is 16.5. The lowest BCUT2D eigenvalue weighted by molar-refractivity contribution is -0.144. The van der Waals surface area contributed by atoms with Crippen molar-refractivity contribution in [2.75, 3.05) is 6.61 Å². The molecule has 2 heteroatoms. The van der Waals surface area contributed by atoms with Gasteiger partial charge in [0.15, 0.2) is 0 Å². The van der Waals surface area contributed by atoms with E-state index in [2.05, 4.69) is 13.5 Å². The minimum Gasteiger partial charge on any atom is -0.466 e. The molecule has 0 N–H and O–H groups in total. The summed E-state index contributed by atoms with van der Waals surface area (Å²) in [5.74, 6) is 0.349. The van der Waals surface area contributed by atoms with Crippen LogP contribution in [0.5, 0.6) is 0 Å². The molecule has 2 nitrogen and oxygen atoms in total. The Balaban J connectivity index is 3.81. The van der Waals surface area contributed by atoms with Crippen LogP contribution < -0.4 is 0 Å². The number of rotatable bonds is 8. The number of allylic oxidation sites excluding steroid dienone is 1. The van der Waals surface area contributed by atoms with Gasteiger partial charge >= 0.3 is 5.97 Å². The van der Waals surface area contributed by atoms with Crippen LogP contribution in [0, 0.1) is 5.92 Å². The molecule has 0 aromatic rings. The zero-order valence-electron chi connectivity index (χ0n) is 9.42. The van der Waals surface area contributed by atoms with Gasteiger partial charge in [0.1, 0.15) is 0 Å². The van der Waals surface area contributed by atoms with Crippen molar-refractivity contribution in [3.05, 3.63) is 12.7 Å². The first-order valence-electron chi connectivity index (χ1n) is 5.51. The lowest BCUT2D eigenvalue weighted by Crippen LogP contribution is -2.11. The second-order valence-corrected chi connectivity index (χ2v) is 3.54. The van der Waals surface area contributed by atoms with Crippen LogP contribution in [0.15, 0.2) is 12.7 Å². The molecule has 0 aliphatic rings. The molecule has 0 radical (unpaired) electrons. The van der Waals surface area contributed by atoms with Gasteiger partial charge in [0.2, 0.25) is 0 Å². The van der Waals surface area contributed by atoms with Crippen LogP contribution in [0.25, 0.3) is 0 Å². The summed E-state index contributed by atoms with van der Waals surface area (Å²) < 4.78 is 4.93. The molecule has 0 aliphatic carbocycles. The third-order valence-corrected chi connectivity index (χ3v) is 2.23. The van der Waals surface area contributed by atoms with Crippen LogP contribution in [0.2, 0.25) is 0 Å². The first kappa shape index (κ1) is 13.2. The standard InChI is InChI=1S/C12H22O2/c1-4-7-9-11(8-5-2)10-12(13)14-6-3/h5,11H,2,4,6-10H2,1,3H3. The number of ether oxygens (including phenoxy) is 1. The highest BCUT2D eigenvalue weighted by Gasteiger charge is 2.12. The molecule has 1 unspecified atom stereocenters. The van der Waals surface area contributed by atoms with E-state index in [1.54, 1.807) is 0 Å². The number of hydrogen-bond acceptors (Lipinski definition) is 2. The molecule has 0 aliphatic heterocycles. The normalized spacial score (nSPS) is 12.1. The SMILES string of the molecule is C=CCC(CCCC)CC(=O)OCC. The van der Waals surface area contributed by atoms with Gasteiger partial charge in [-0.2, -0.15) is 0 Å². The Labute approximate surface area is 87.3 Å². The van der Waals surface area contributed by atoms with Crippen LogP contribution in [-0.4, -0.2) is 12.6 Å². The molecule has 0 fully saturated rings. The van der Waals surface area contributed by atoms with E-state index in [9.17, 15) is 4.79 Å². The second-order valence-electron chi connectivity index (χ2n) is 3.54. The van der Waals surface area contributed by atoms with Gasteiger partial charge < -0.3 is 4.74 Å². The highest BCUT2D eigenvalue weighted by Crippen LogP contribution is 2.17. The third kappa shape index (κ3) is 6.70. The van der Waals surface area contributed by atoms with E-state index in [-0.39, 0.29) is 5.97 Å². The minimum absolute atomic E-state index is 0.0737. The molecule has 0 heterocycles. The van der Waals surface area contributed by atoms with Crippen LogP contribution in [-0.2, 0) is 9.53 Å². The predicted molar refractivity (Wildman–Crippen MR) is 59.1 cm³/mol. The number of hydrogen-bond donors (Lipinski definition) is 0. The molecule has 0 aromatic heterocycles. The summed E-state index contributed by atoms with van der Waals surface area (Å²) in [5, 5.41) is 0. The summed E-state index contributed by atoms with van der Waals surface area (Å²) in [6.07, 6.45) is 6.80. The average molecular weight is 198 g/mol. The smallest absolute Gasteiger partial charge is 0.306 e. The Kier molecular flexibility index (Phi) is 8.30. The Morgan fingerprint density at radius 1 is 1.50 bits per heavy atom. The monoisotopic (exact) mass is 198 g/mol. The van der Waals surface area contributed by atoms with Crippen molar-refractivity contribution in [3.8, 4) is 0 Å². The van der Waals surface area contributed by atoms with Gasteiger partial charge in [-0.05, 0) is 25.7 Å². The maximum atomic E-state index is 11.2. The largest absolute Gasteiger partial charge is 0.466 e. The van der Waals surface area contributed by atoms with Crippen LogP contribution in [0.4, 0.5) is 0 Å². The predicted octanol–water partition coefficient (Wildman–Crippen LogP) is 3.32. The van der Waals surface area contributed by atoms with E-state index in [1.807, 2.05) is 13.0 Å². The minimum atomic E-state index is -0.0737. The molecule has 0 spiro atoms. The Morgan fingerprint density at radius 3 is 2.71 bits per heavy atom. The van der Waals surface area contributed by atoms with Gasteiger partial charge in [0.25, 0.3) is 0 Å². The number of carbonyl (C=O) groups excluding carboxylic acids is 1. The van der Waals surface area contributed by atoms with E-state index in [1.165, 1.54) is 12.8 Å². The van der Waals surface area contributed by atoms with Crippen molar-refractivity contribution in [1.29, 1.82) is 0 Å². The topological polar surface area (TPSA) is 26.3 Å². The molecule has 0 amide bonds. The van der Waals surface area contributed by atoms with Crippen LogP contribution >= 0.6 is 0 Å². The zero-order valence-corrected chi connectivity index (χ0v) is 9.42. The molecule has 14 heavy (non-hydrogen) atoms. The molecule has 0 bridgehead atoms. The van der Waals surface area contributed by atoms with E-state index in [0.29, 0.717) is 18.9 Å². The second kappa shape index (κ2) is 8.79. The summed E-state index contributed by atoms with van der Waals surface area (Å²) in [7, 11) is 0. The van der Waals surface area contributed by atoms with Crippen molar-refractivity contribution in [2.45, 2.75) is 46.0 Å². The van der Waals surface area contributed by atoms with Gasteiger partial charge in [-0.1, -0.05) is 25.8 Å². The van der Waals surface area contributed by atoms with Crippen LogP contribution in [0.3, 0.4) is 0 Å². The molecule has 0 aromatic carbocycles. The summed E-state index contributed by atoms with van der Waals surface area (Å²) in [6, 6.07) is 0. The maximum absolute atomic E-state index is 11.2. The Morgan fingerprint density at radius 2 is 2.21 bits per heavy atom. The highest BCUT2D eigenvalue weighted by molar-refractivity contribution is 5.69. The van der Waals surface area contributed by atoms with Gasteiger partial charge in [-0.15, -0.1) is 6.58 Å². The molecular weight excluding hydrogens is 176 g/mol. The molecule has 82 valence electrons. The fourth-order valence-corrected chi connectivity index (χ4v) is 1.49. The Hall–Kier alpha value is -0.790. The lowest BCUT2D eigenvalue weighted by atomic mass is 9.95. The van der Waals surface area contributed by atoms with E-state index >= 15 is 0 Å². The molecule has 0 rings (SSSR count).